The van der Waals surface area contributed by atoms with Crippen LogP contribution in [0.3, 0.4) is 0 Å². The molecule has 0 saturated carbocycles. The van der Waals surface area contributed by atoms with E-state index < -0.39 is 0 Å². The SMILES string of the molecule is CCCC1C(OC=O)COC1OC. The van der Waals surface area contributed by atoms with Crippen LogP contribution in [0, 0.1) is 5.92 Å². The quantitative estimate of drug-likeness (QED) is 0.602. The molecule has 0 amide bonds. The van der Waals surface area contributed by atoms with E-state index in [1.165, 1.54) is 0 Å². The maximum absolute atomic E-state index is 10.2. The molecule has 4 nitrogen and oxygen atoms in total. The zero-order valence-electron chi connectivity index (χ0n) is 8.06. The standard InChI is InChI=1S/C9H16O4/c1-3-4-7-8(13-6-10)5-12-9(7)11-2/h6-9H,3-5H2,1-2H3. The lowest BCUT2D eigenvalue weighted by atomic mass is 9.99. The first-order valence-corrected chi connectivity index (χ1v) is 4.57. The van der Waals surface area contributed by atoms with Crippen LogP contribution < -0.4 is 0 Å². The smallest absolute Gasteiger partial charge is 0.293 e. The lowest BCUT2D eigenvalue weighted by Crippen LogP contribution is -2.27. The van der Waals surface area contributed by atoms with Crippen LogP contribution in [0.5, 0.6) is 0 Å². The van der Waals surface area contributed by atoms with Gasteiger partial charge in [-0.25, -0.2) is 0 Å². The summed E-state index contributed by atoms with van der Waals surface area (Å²) in [5, 5.41) is 0. The minimum atomic E-state index is -0.218. The Morgan fingerprint density at radius 1 is 1.62 bits per heavy atom. The highest BCUT2D eigenvalue weighted by atomic mass is 16.7. The molecule has 1 rings (SSSR count). The summed E-state index contributed by atoms with van der Waals surface area (Å²) in [4.78, 5) is 10.2. The highest BCUT2D eigenvalue weighted by Crippen LogP contribution is 2.28. The Morgan fingerprint density at radius 2 is 2.38 bits per heavy atom. The largest absolute Gasteiger partial charge is 0.462 e. The summed E-state index contributed by atoms with van der Waals surface area (Å²) in [6, 6.07) is 0. The summed E-state index contributed by atoms with van der Waals surface area (Å²) in [7, 11) is 1.61. The van der Waals surface area contributed by atoms with Gasteiger partial charge in [0.15, 0.2) is 6.29 Å². The molecule has 0 aromatic rings. The van der Waals surface area contributed by atoms with Crippen LogP contribution in [-0.2, 0) is 19.0 Å². The molecule has 0 radical (unpaired) electrons. The molecular weight excluding hydrogens is 172 g/mol. The van der Waals surface area contributed by atoms with Gasteiger partial charge in [-0.05, 0) is 6.42 Å². The first-order valence-electron chi connectivity index (χ1n) is 4.57. The lowest BCUT2D eigenvalue weighted by Gasteiger charge is -2.19. The number of ether oxygens (including phenoxy) is 3. The van der Waals surface area contributed by atoms with Crippen molar-refractivity contribution in [2.75, 3.05) is 13.7 Å². The molecule has 0 spiro atoms. The van der Waals surface area contributed by atoms with E-state index in [9.17, 15) is 4.79 Å². The fourth-order valence-electron chi connectivity index (χ4n) is 1.72. The van der Waals surface area contributed by atoms with Gasteiger partial charge in [-0.2, -0.15) is 0 Å². The summed E-state index contributed by atoms with van der Waals surface area (Å²) in [6.45, 7) is 3.01. The van der Waals surface area contributed by atoms with Crippen LogP contribution in [0.1, 0.15) is 19.8 Å². The molecule has 76 valence electrons. The predicted octanol–water partition coefficient (Wildman–Crippen LogP) is 0.947. The Labute approximate surface area is 78.2 Å². The number of carbonyl (C=O) groups is 1. The molecule has 0 aromatic carbocycles. The van der Waals surface area contributed by atoms with Crippen LogP contribution >= 0.6 is 0 Å². The highest BCUT2D eigenvalue weighted by molar-refractivity contribution is 5.37. The first kappa shape index (κ1) is 10.5. The Kier molecular flexibility index (Phi) is 4.18. The topological polar surface area (TPSA) is 44.8 Å². The summed E-state index contributed by atoms with van der Waals surface area (Å²) in [6.07, 6.45) is 1.64. The van der Waals surface area contributed by atoms with Gasteiger partial charge in [0.05, 0.1) is 6.61 Å². The Bertz CT molecular complexity index is 160. The van der Waals surface area contributed by atoms with Gasteiger partial charge < -0.3 is 14.2 Å². The van der Waals surface area contributed by atoms with Crippen LogP contribution in [0.15, 0.2) is 0 Å². The van der Waals surface area contributed by atoms with Crippen LogP contribution in [0.4, 0.5) is 0 Å². The van der Waals surface area contributed by atoms with Gasteiger partial charge in [-0.3, -0.25) is 4.79 Å². The molecule has 0 aliphatic carbocycles. The van der Waals surface area contributed by atoms with Crippen LogP contribution in [0.2, 0.25) is 0 Å². The van der Waals surface area contributed by atoms with Crippen molar-refractivity contribution in [3.63, 3.8) is 0 Å². The van der Waals surface area contributed by atoms with Crippen molar-refractivity contribution in [1.29, 1.82) is 0 Å². The van der Waals surface area contributed by atoms with Crippen molar-refractivity contribution in [3.8, 4) is 0 Å². The average Bonchev–Trinajstić information content (AvgIpc) is 2.50. The van der Waals surface area contributed by atoms with Gasteiger partial charge in [0.25, 0.3) is 6.47 Å². The third kappa shape index (κ3) is 2.42. The summed E-state index contributed by atoms with van der Waals surface area (Å²) in [5.74, 6) is 0.181. The summed E-state index contributed by atoms with van der Waals surface area (Å²) >= 11 is 0. The third-order valence-electron chi connectivity index (χ3n) is 2.34. The number of carbonyl (C=O) groups excluding carboxylic acids is 1. The Morgan fingerprint density at radius 3 is 2.92 bits per heavy atom. The summed E-state index contributed by atoms with van der Waals surface area (Å²) in [5.41, 5.74) is 0. The second-order valence-electron chi connectivity index (χ2n) is 3.16. The van der Waals surface area contributed by atoms with E-state index in [1.807, 2.05) is 0 Å². The number of methoxy groups -OCH3 is 1. The van der Waals surface area contributed by atoms with Crippen LogP contribution in [-0.4, -0.2) is 32.6 Å². The molecule has 4 heteroatoms. The third-order valence-corrected chi connectivity index (χ3v) is 2.34. The molecule has 1 fully saturated rings. The van der Waals surface area contributed by atoms with Crippen molar-refractivity contribution >= 4 is 6.47 Å². The lowest BCUT2D eigenvalue weighted by molar-refractivity contribution is -0.135. The predicted molar refractivity (Wildman–Crippen MR) is 46.1 cm³/mol. The maximum Gasteiger partial charge on any atom is 0.293 e. The van der Waals surface area contributed by atoms with Crippen molar-refractivity contribution in [3.05, 3.63) is 0 Å². The minimum absolute atomic E-state index is 0.137. The number of hydrogen-bond acceptors (Lipinski definition) is 4. The monoisotopic (exact) mass is 188 g/mol. The molecule has 3 atom stereocenters. The number of hydrogen-bond donors (Lipinski definition) is 0. The zero-order chi connectivity index (χ0) is 9.68. The van der Waals surface area contributed by atoms with Gasteiger partial charge >= 0.3 is 0 Å². The summed E-state index contributed by atoms with van der Waals surface area (Å²) < 4.78 is 15.4. The molecule has 13 heavy (non-hydrogen) atoms. The molecule has 1 aliphatic heterocycles. The van der Waals surface area contributed by atoms with E-state index in [4.69, 9.17) is 14.2 Å². The minimum Gasteiger partial charge on any atom is -0.462 e. The van der Waals surface area contributed by atoms with Crippen molar-refractivity contribution < 1.29 is 19.0 Å². The first-order chi connectivity index (χ1) is 6.33. The Hall–Kier alpha value is -0.610. The van der Waals surface area contributed by atoms with Crippen molar-refractivity contribution in [1.82, 2.24) is 0 Å². The highest BCUT2D eigenvalue weighted by Gasteiger charge is 2.37. The van der Waals surface area contributed by atoms with E-state index in [2.05, 4.69) is 6.92 Å². The Balaban J connectivity index is 2.49. The van der Waals surface area contributed by atoms with Crippen molar-refractivity contribution in [2.24, 2.45) is 5.92 Å². The van der Waals surface area contributed by atoms with E-state index in [1.54, 1.807) is 7.11 Å². The molecule has 1 aliphatic rings. The van der Waals surface area contributed by atoms with Gasteiger partial charge in [0, 0.05) is 13.0 Å². The second-order valence-corrected chi connectivity index (χ2v) is 3.16. The average molecular weight is 188 g/mol. The van der Waals surface area contributed by atoms with Gasteiger partial charge in [-0.15, -0.1) is 0 Å². The molecule has 0 bridgehead atoms. The molecule has 1 heterocycles. The van der Waals surface area contributed by atoms with E-state index in [0.717, 1.165) is 12.8 Å². The van der Waals surface area contributed by atoms with Gasteiger partial charge in [0.1, 0.15) is 6.10 Å². The second kappa shape index (κ2) is 5.19. The maximum atomic E-state index is 10.2. The zero-order valence-corrected chi connectivity index (χ0v) is 8.06. The van der Waals surface area contributed by atoms with E-state index >= 15 is 0 Å². The van der Waals surface area contributed by atoms with Gasteiger partial charge in [0.2, 0.25) is 0 Å². The van der Waals surface area contributed by atoms with Crippen LogP contribution in [0.25, 0.3) is 0 Å². The van der Waals surface area contributed by atoms with Gasteiger partial charge in [-0.1, -0.05) is 13.3 Å². The normalized spacial score (nSPS) is 33.2. The molecule has 0 aromatic heterocycles. The molecule has 0 N–H and O–H groups in total. The molecule has 1 saturated heterocycles. The van der Waals surface area contributed by atoms with Crippen molar-refractivity contribution in [2.45, 2.75) is 32.2 Å². The number of rotatable bonds is 5. The van der Waals surface area contributed by atoms with E-state index in [-0.39, 0.29) is 18.3 Å². The molecular formula is C9H16O4. The fraction of sp³-hybridized carbons (Fsp3) is 0.889. The van der Waals surface area contributed by atoms with E-state index in [0.29, 0.717) is 13.1 Å². The molecule has 3 unspecified atom stereocenters. The fourth-order valence-corrected chi connectivity index (χ4v) is 1.72.